The van der Waals surface area contributed by atoms with Crippen LogP contribution in [0.15, 0.2) is 30.3 Å². The third-order valence-electron chi connectivity index (χ3n) is 5.27. The van der Waals surface area contributed by atoms with Gasteiger partial charge in [-0.3, -0.25) is 14.4 Å². The quantitative estimate of drug-likeness (QED) is 0.876. The van der Waals surface area contributed by atoms with Crippen LogP contribution in [-0.4, -0.2) is 58.9 Å². The van der Waals surface area contributed by atoms with Crippen LogP contribution in [0.4, 0.5) is 0 Å². The Bertz CT molecular complexity index is 646. The Morgan fingerprint density at radius 3 is 2.44 bits per heavy atom. The Morgan fingerprint density at radius 1 is 1.08 bits per heavy atom. The fourth-order valence-electron chi connectivity index (χ4n) is 3.73. The third-order valence-corrected chi connectivity index (χ3v) is 5.27. The minimum atomic E-state index is -0.822. The van der Waals surface area contributed by atoms with E-state index in [0.717, 1.165) is 6.42 Å². The van der Waals surface area contributed by atoms with Crippen molar-refractivity contribution in [3.05, 3.63) is 35.9 Å². The Balaban J connectivity index is 1.49. The van der Waals surface area contributed by atoms with Crippen LogP contribution in [0.2, 0.25) is 0 Å². The number of carboxylic acid groups (broad SMARTS) is 1. The van der Waals surface area contributed by atoms with Crippen LogP contribution in [0.5, 0.6) is 0 Å². The van der Waals surface area contributed by atoms with Gasteiger partial charge in [0.1, 0.15) is 0 Å². The summed E-state index contributed by atoms with van der Waals surface area (Å²) < 4.78 is 0. The summed E-state index contributed by atoms with van der Waals surface area (Å²) in [6, 6.07) is 10.0. The van der Waals surface area contributed by atoms with Crippen LogP contribution < -0.4 is 0 Å². The molecule has 1 aliphatic carbocycles. The number of amides is 2. The Kier molecular flexibility index (Phi) is 5.36. The molecule has 3 rings (SSSR count). The minimum absolute atomic E-state index is 0.0247. The molecule has 25 heavy (non-hydrogen) atoms. The number of aliphatic carboxylic acids is 1. The van der Waals surface area contributed by atoms with Crippen molar-refractivity contribution in [2.45, 2.75) is 25.7 Å². The average molecular weight is 344 g/mol. The lowest BCUT2D eigenvalue weighted by atomic mass is 10.0. The first-order valence-electron chi connectivity index (χ1n) is 8.88. The number of carbonyl (C=O) groups excluding carboxylic acids is 2. The highest BCUT2D eigenvalue weighted by molar-refractivity contribution is 5.87. The van der Waals surface area contributed by atoms with Gasteiger partial charge in [-0.05, 0) is 31.2 Å². The summed E-state index contributed by atoms with van der Waals surface area (Å²) in [6.45, 7) is 1.86. The molecule has 2 fully saturated rings. The zero-order chi connectivity index (χ0) is 17.8. The molecule has 2 aliphatic rings. The van der Waals surface area contributed by atoms with Crippen molar-refractivity contribution in [3.8, 4) is 0 Å². The average Bonchev–Trinajstić information content (AvgIpc) is 3.11. The van der Waals surface area contributed by atoms with Gasteiger partial charge in [0, 0.05) is 25.6 Å². The maximum Gasteiger partial charge on any atom is 0.306 e. The fraction of sp³-hybridized carbons (Fsp3) is 0.526. The number of hydrogen-bond acceptors (Lipinski definition) is 3. The van der Waals surface area contributed by atoms with Crippen molar-refractivity contribution in [2.75, 3.05) is 26.2 Å². The van der Waals surface area contributed by atoms with E-state index >= 15 is 0 Å². The molecule has 6 heteroatoms. The van der Waals surface area contributed by atoms with Gasteiger partial charge < -0.3 is 14.9 Å². The van der Waals surface area contributed by atoms with Gasteiger partial charge in [-0.15, -0.1) is 0 Å². The van der Waals surface area contributed by atoms with E-state index in [9.17, 15) is 14.4 Å². The maximum atomic E-state index is 12.6. The zero-order valence-corrected chi connectivity index (χ0v) is 14.3. The van der Waals surface area contributed by atoms with Gasteiger partial charge in [0.15, 0.2) is 0 Å². The van der Waals surface area contributed by atoms with Crippen molar-refractivity contribution < 1.29 is 19.5 Å². The van der Waals surface area contributed by atoms with Crippen LogP contribution in [0.3, 0.4) is 0 Å². The van der Waals surface area contributed by atoms with Crippen molar-refractivity contribution in [1.82, 2.24) is 9.80 Å². The summed E-state index contributed by atoms with van der Waals surface area (Å²) in [5, 5.41) is 9.07. The van der Waals surface area contributed by atoms with Crippen molar-refractivity contribution in [3.63, 3.8) is 0 Å². The number of benzene rings is 1. The highest BCUT2D eigenvalue weighted by Gasteiger charge is 2.37. The minimum Gasteiger partial charge on any atom is -0.481 e. The third kappa shape index (κ3) is 4.18. The standard InChI is InChI=1S/C19H24N2O4/c22-17-13-21(18(23)15-6-7-16(12-15)19(24)25)11-10-20(17)9-8-14-4-2-1-3-5-14/h1-5,15-16H,6-13H2,(H,24,25)/t15-,16+/m0/s1. The molecule has 0 aromatic heterocycles. The van der Waals surface area contributed by atoms with E-state index in [1.165, 1.54) is 5.56 Å². The first-order valence-corrected chi connectivity index (χ1v) is 8.88. The van der Waals surface area contributed by atoms with Gasteiger partial charge in [0.2, 0.25) is 11.8 Å². The van der Waals surface area contributed by atoms with Gasteiger partial charge in [0.05, 0.1) is 12.5 Å². The van der Waals surface area contributed by atoms with Gasteiger partial charge >= 0.3 is 5.97 Å². The van der Waals surface area contributed by atoms with Gasteiger partial charge in [-0.25, -0.2) is 0 Å². The first-order chi connectivity index (χ1) is 12.0. The number of hydrogen-bond donors (Lipinski definition) is 1. The summed E-state index contributed by atoms with van der Waals surface area (Å²) >= 11 is 0. The molecule has 1 saturated carbocycles. The summed E-state index contributed by atoms with van der Waals surface area (Å²) in [6.07, 6.45) is 2.37. The molecule has 2 atom stereocenters. The molecule has 2 amide bonds. The number of rotatable bonds is 5. The van der Waals surface area contributed by atoms with Crippen molar-refractivity contribution in [2.24, 2.45) is 11.8 Å². The molecule has 0 radical (unpaired) electrons. The lowest BCUT2D eigenvalue weighted by Gasteiger charge is -2.35. The van der Waals surface area contributed by atoms with Crippen LogP contribution in [0.25, 0.3) is 0 Å². The molecule has 1 saturated heterocycles. The van der Waals surface area contributed by atoms with E-state index in [1.807, 2.05) is 35.2 Å². The molecule has 1 N–H and O–H groups in total. The lowest BCUT2D eigenvalue weighted by Crippen LogP contribution is -2.53. The molecule has 0 unspecified atom stereocenters. The molecule has 134 valence electrons. The second-order valence-corrected chi connectivity index (χ2v) is 6.92. The first kappa shape index (κ1) is 17.5. The highest BCUT2D eigenvalue weighted by Crippen LogP contribution is 2.32. The SMILES string of the molecule is O=C(O)[C@@H]1CC[C@H](C(=O)N2CCN(CCc3ccccc3)C(=O)C2)C1. The predicted octanol–water partition coefficient (Wildman–Crippen LogP) is 1.40. The number of carboxylic acids is 1. The van der Waals surface area contributed by atoms with Crippen LogP contribution in [-0.2, 0) is 20.8 Å². The second-order valence-electron chi connectivity index (χ2n) is 6.92. The van der Waals surface area contributed by atoms with E-state index in [1.54, 1.807) is 4.90 Å². The van der Waals surface area contributed by atoms with Crippen LogP contribution >= 0.6 is 0 Å². The monoisotopic (exact) mass is 344 g/mol. The van der Waals surface area contributed by atoms with Gasteiger partial charge in [0.25, 0.3) is 0 Å². The predicted molar refractivity (Wildman–Crippen MR) is 91.8 cm³/mol. The molecule has 1 aromatic carbocycles. The Labute approximate surface area is 147 Å². The molecule has 1 aromatic rings. The van der Waals surface area contributed by atoms with E-state index in [0.29, 0.717) is 38.9 Å². The largest absolute Gasteiger partial charge is 0.481 e. The van der Waals surface area contributed by atoms with E-state index in [2.05, 4.69) is 0 Å². The normalized spacial score (nSPS) is 23.8. The zero-order valence-electron chi connectivity index (χ0n) is 14.3. The lowest BCUT2D eigenvalue weighted by molar-refractivity contribution is -0.148. The molecule has 1 heterocycles. The van der Waals surface area contributed by atoms with E-state index < -0.39 is 11.9 Å². The topological polar surface area (TPSA) is 77.9 Å². The van der Waals surface area contributed by atoms with Crippen LogP contribution in [0, 0.1) is 11.8 Å². The van der Waals surface area contributed by atoms with Gasteiger partial charge in [-0.2, -0.15) is 0 Å². The fourth-order valence-corrected chi connectivity index (χ4v) is 3.73. The van der Waals surface area contributed by atoms with Crippen LogP contribution in [0.1, 0.15) is 24.8 Å². The van der Waals surface area contributed by atoms with Gasteiger partial charge in [-0.1, -0.05) is 30.3 Å². The molecular formula is C19H24N2O4. The number of carbonyl (C=O) groups is 3. The Morgan fingerprint density at radius 2 is 1.80 bits per heavy atom. The summed E-state index contributed by atoms with van der Waals surface area (Å²) in [7, 11) is 0. The number of piperazine rings is 1. The summed E-state index contributed by atoms with van der Waals surface area (Å²) in [5.41, 5.74) is 1.19. The molecule has 0 bridgehead atoms. The molecule has 1 aliphatic heterocycles. The number of nitrogens with zero attached hydrogens (tertiary/aromatic N) is 2. The molecular weight excluding hydrogens is 320 g/mol. The van der Waals surface area contributed by atoms with E-state index in [4.69, 9.17) is 5.11 Å². The smallest absolute Gasteiger partial charge is 0.306 e. The molecule has 0 spiro atoms. The van der Waals surface area contributed by atoms with Crippen molar-refractivity contribution in [1.29, 1.82) is 0 Å². The summed E-state index contributed by atoms with van der Waals surface area (Å²) in [5.74, 6) is -1.57. The Hall–Kier alpha value is -2.37. The second kappa shape index (κ2) is 7.68. The maximum absolute atomic E-state index is 12.6. The summed E-state index contributed by atoms with van der Waals surface area (Å²) in [4.78, 5) is 39.4. The highest BCUT2D eigenvalue weighted by atomic mass is 16.4. The van der Waals surface area contributed by atoms with E-state index in [-0.39, 0.29) is 24.3 Å². The molecule has 6 nitrogen and oxygen atoms in total. The van der Waals surface area contributed by atoms with Crippen molar-refractivity contribution >= 4 is 17.8 Å².